The van der Waals surface area contributed by atoms with Gasteiger partial charge in [-0.1, -0.05) is 0 Å². The first-order valence-electron chi connectivity index (χ1n) is 8.94. The van der Waals surface area contributed by atoms with Crippen molar-refractivity contribution in [1.29, 1.82) is 0 Å². The Labute approximate surface area is 147 Å². The number of likely N-dealkylation sites (tertiary alicyclic amines) is 1. The summed E-state index contributed by atoms with van der Waals surface area (Å²) in [7, 11) is 0. The molecule has 6 nitrogen and oxygen atoms in total. The zero-order chi connectivity index (χ0) is 17.6. The van der Waals surface area contributed by atoms with E-state index < -0.39 is 0 Å². The molecule has 1 unspecified atom stereocenters. The molecular formula is C18H25FN4O2. The van der Waals surface area contributed by atoms with Gasteiger partial charge in [-0.25, -0.2) is 9.18 Å². The molecule has 0 aliphatic carbocycles. The number of carbonyl (C=O) groups excluding carboxylic acids is 2. The second kappa shape index (κ2) is 8.29. The van der Waals surface area contributed by atoms with Crippen molar-refractivity contribution in [2.75, 3.05) is 37.6 Å². The predicted octanol–water partition coefficient (Wildman–Crippen LogP) is 1.72. The zero-order valence-electron chi connectivity index (χ0n) is 14.3. The Bertz CT molecular complexity index is 602. The summed E-state index contributed by atoms with van der Waals surface area (Å²) in [4.78, 5) is 28.1. The van der Waals surface area contributed by atoms with Crippen LogP contribution in [-0.2, 0) is 4.79 Å². The minimum atomic E-state index is -0.335. The van der Waals surface area contributed by atoms with E-state index in [-0.39, 0.29) is 30.2 Å². The standard InChI is InChI=1S/C18H25FN4O2/c19-14-4-6-16(7-5-14)23-13-15(12-17(23)24)21-18(25)20-8-3-11-22-9-1-2-10-22/h4-7,15H,1-3,8-13H2,(H2,20,21,25). The van der Waals surface area contributed by atoms with Crippen molar-refractivity contribution < 1.29 is 14.0 Å². The molecule has 2 fully saturated rings. The van der Waals surface area contributed by atoms with Crippen LogP contribution < -0.4 is 15.5 Å². The van der Waals surface area contributed by atoms with Gasteiger partial charge in [0.2, 0.25) is 5.91 Å². The molecule has 2 saturated heterocycles. The van der Waals surface area contributed by atoms with Crippen LogP contribution in [0.15, 0.2) is 24.3 Å². The van der Waals surface area contributed by atoms with Gasteiger partial charge in [-0.15, -0.1) is 0 Å². The third-order valence-corrected chi connectivity index (χ3v) is 4.73. The van der Waals surface area contributed by atoms with Crippen LogP contribution in [0.25, 0.3) is 0 Å². The number of amides is 3. The normalized spacial score (nSPS) is 20.9. The Morgan fingerprint density at radius 2 is 1.92 bits per heavy atom. The summed E-state index contributed by atoms with van der Waals surface area (Å²) in [6.45, 7) is 4.38. The van der Waals surface area contributed by atoms with Gasteiger partial charge in [0.25, 0.3) is 0 Å². The Kier molecular flexibility index (Phi) is 5.86. The van der Waals surface area contributed by atoms with Crippen molar-refractivity contribution in [2.24, 2.45) is 0 Å². The molecule has 25 heavy (non-hydrogen) atoms. The molecule has 136 valence electrons. The highest BCUT2D eigenvalue weighted by Gasteiger charge is 2.31. The monoisotopic (exact) mass is 348 g/mol. The van der Waals surface area contributed by atoms with Crippen molar-refractivity contribution in [3.63, 3.8) is 0 Å². The summed E-state index contributed by atoms with van der Waals surface area (Å²) in [5, 5.41) is 5.70. The third kappa shape index (κ3) is 4.92. The molecule has 0 radical (unpaired) electrons. The lowest BCUT2D eigenvalue weighted by Crippen LogP contribution is -2.44. The number of halogens is 1. The summed E-state index contributed by atoms with van der Waals surface area (Å²) < 4.78 is 13.0. The molecule has 0 saturated carbocycles. The summed E-state index contributed by atoms with van der Waals surface area (Å²) in [6, 6.07) is 5.35. The molecule has 0 spiro atoms. The summed E-state index contributed by atoms with van der Waals surface area (Å²) in [5.41, 5.74) is 0.654. The first-order chi connectivity index (χ1) is 12.1. The van der Waals surface area contributed by atoms with E-state index in [0.29, 0.717) is 18.8 Å². The van der Waals surface area contributed by atoms with E-state index >= 15 is 0 Å². The maximum atomic E-state index is 13.0. The molecular weight excluding hydrogens is 323 g/mol. The lowest BCUT2D eigenvalue weighted by Gasteiger charge is -2.18. The van der Waals surface area contributed by atoms with E-state index in [2.05, 4.69) is 15.5 Å². The molecule has 0 aromatic heterocycles. The van der Waals surface area contributed by atoms with Gasteiger partial charge in [0.05, 0.1) is 6.04 Å². The molecule has 0 bridgehead atoms. The van der Waals surface area contributed by atoms with E-state index in [1.54, 1.807) is 17.0 Å². The van der Waals surface area contributed by atoms with Gasteiger partial charge in [-0.3, -0.25) is 4.79 Å². The second-order valence-corrected chi connectivity index (χ2v) is 6.68. The Morgan fingerprint density at radius 1 is 1.20 bits per heavy atom. The molecule has 7 heteroatoms. The number of anilines is 1. The highest BCUT2D eigenvalue weighted by atomic mass is 19.1. The molecule has 1 atom stereocenters. The zero-order valence-corrected chi connectivity index (χ0v) is 14.3. The molecule has 3 amide bonds. The lowest BCUT2D eigenvalue weighted by molar-refractivity contribution is -0.117. The number of benzene rings is 1. The second-order valence-electron chi connectivity index (χ2n) is 6.68. The predicted molar refractivity (Wildman–Crippen MR) is 94.0 cm³/mol. The maximum Gasteiger partial charge on any atom is 0.315 e. The van der Waals surface area contributed by atoms with E-state index in [4.69, 9.17) is 0 Å². The number of rotatable bonds is 6. The summed E-state index contributed by atoms with van der Waals surface area (Å²) in [5.74, 6) is -0.399. The van der Waals surface area contributed by atoms with E-state index in [9.17, 15) is 14.0 Å². The highest BCUT2D eigenvalue weighted by Crippen LogP contribution is 2.21. The van der Waals surface area contributed by atoms with Gasteiger partial charge in [0.15, 0.2) is 0 Å². The minimum absolute atomic E-state index is 0.0639. The van der Waals surface area contributed by atoms with E-state index in [0.717, 1.165) is 26.1 Å². The maximum absolute atomic E-state index is 13.0. The van der Waals surface area contributed by atoms with Crippen molar-refractivity contribution in [3.8, 4) is 0 Å². The largest absolute Gasteiger partial charge is 0.338 e. The fraction of sp³-hybridized carbons (Fsp3) is 0.556. The molecule has 3 rings (SSSR count). The average Bonchev–Trinajstić information content (AvgIpc) is 3.22. The quantitative estimate of drug-likeness (QED) is 0.770. The first-order valence-corrected chi connectivity index (χ1v) is 8.94. The van der Waals surface area contributed by atoms with E-state index in [1.165, 1.54) is 25.0 Å². The van der Waals surface area contributed by atoms with Gasteiger partial charge >= 0.3 is 6.03 Å². The van der Waals surface area contributed by atoms with Gasteiger partial charge in [-0.05, 0) is 63.2 Å². The average molecular weight is 348 g/mol. The topological polar surface area (TPSA) is 64.7 Å². The van der Waals surface area contributed by atoms with Crippen LogP contribution in [0.1, 0.15) is 25.7 Å². The molecule has 1 aromatic rings. The van der Waals surface area contributed by atoms with Crippen LogP contribution in [0.5, 0.6) is 0 Å². The molecule has 2 heterocycles. The van der Waals surface area contributed by atoms with Crippen LogP contribution in [0.3, 0.4) is 0 Å². The van der Waals surface area contributed by atoms with Crippen molar-refractivity contribution in [2.45, 2.75) is 31.7 Å². The van der Waals surface area contributed by atoms with Crippen LogP contribution >= 0.6 is 0 Å². The molecule has 2 N–H and O–H groups in total. The minimum Gasteiger partial charge on any atom is -0.338 e. The van der Waals surface area contributed by atoms with Crippen LogP contribution in [0.4, 0.5) is 14.9 Å². The highest BCUT2D eigenvalue weighted by molar-refractivity contribution is 5.96. The van der Waals surface area contributed by atoms with Gasteiger partial charge in [0.1, 0.15) is 5.82 Å². The number of nitrogens with one attached hydrogen (secondary N) is 2. The number of carbonyl (C=O) groups is 2. The van der Waals surface area contributed by atoms with Crippen LogP contribution in [0, 0.1) is 5.82 Å². The van der Waals surface area contributed by atoms with Crippen molar-refractivity contribution in [3.05, 3.63) is 30.1 Å². The molecule has 2 aliphatic rings. The summed E-state index contributed by atoms with van der Waals surface area (Å²) >= 11 is 0. The number of hydrogen-bond acceptors (Lipinski definition) is 3. The Morgan fingerprint density at radius 3 is 2.64 bits per heavy atom. The van der Waals surface area contributed by atoms with Crippen LogP contribution in [0.2, 0.25) is 0 Å². The van der Waals surface area contributed by atoms with Crippen LogP contribution in [-0.4, -0.2) is 55.6 Å². The van der Waals surface area contributed by atoms with Gasteiger partial charge < -0.3 is 20.4 Å². The van der Waals surface area contributed by atoms with E-state index in [1.807, 2.05) is 0 Å². The van der Waals surface area contributed by atoms with Gasteiger partial charge in [-0.2, -0.15) is 0 Å². The fourth-order valence-electron chi connectivity index (χ4n) is 3.42. The summed E-state index contributed by atoms with van der Waals surface area (Å²) in [6.07, 6.45) is 3.74. The molecule has 1 aromatic carbocycles. The first kappa shape index (κ1) is 17.7. The van der Waals surface area contributed by atoms with Crippen molar-refractivity contribution in [1.82, 2.24) is 15.5 Å². The van der Waals surface area contributed by atoms with Crippen molar-refractivity contribution >= 4 is 17.6 Å². The number of hydrogen-bond donors (Lipinski definition) is 2. The smallest absolute Gasteiger partial charge is 0.315 e. The molecule has 2 aliphatic heterocycles. The Balaban J connectivity index is 1.38. The van der Waals surface area contributed by atoms with Gasteiger partial charge in [0, 0.05) is 25.2 Å². The fourth-order valence-corrected chi connectivity index (χ4v) is 3.42. The third-order valence-electron chi connectivity index (χ3n) is 4.73. The Hall–Kier alpha value is -2.15. The SMILES string of the molecule is O=C(NCCCN1CCCC1)NC1CC(=O)N(c2ccc(F)cc2)C1. The number of nitrogens with zero attached hydrogens (tertiary/aromatic N) is 2. The lowest BCUT2D eigenvalue weighted by atomic mass is 10.2. The number of urea groups is 1.